The number of hydrogen-bond acceptors (Lipinski definition) is 3. The van der Waals surface area contributed by atoms with Gasteiger partial charge in [-0.1, -0.05) is 47.6 Å². The SMILES string of the molecule is Clc1nnc(Cc2ccc3ccccc3c2)o1. The smallest absolute Gasteiger partial charge is 0.312 e. The number of fused-ring (bicyclic) bond motifs is 1. The Kier molecular flexibility index (Phi) is 2.53. The fraction of sp³-hybridized carbons (Fsp3) is 0.0769. The summed E-state index contributed by atoms with van der Waals surface area (Å²) in [5, 5.41) is 9.98. The highest BCUT2D eigenvalue weighted by molar-refractivity contribution is 6.27. The van der Waals surface area contributed by atoms with Gasteiger partial charge in [-0.2, -0.15) is 0 Å². The van der Waals surface area contributed by atoms with Crippen molar-refractivity contribution in [2.45, 2.75) is 6.42 Å². The lowest BCUT2D eigenvalue weighted by Gasteiger charge is -2.00. The minimum absolute atomic E-state index is 0.0841. The van der Waals surface area contributed by atoms with Crippen LogP contribution in [0.2, 0.25) is 5.35 Å². The molecule has 17 heavy (non-hydrogen) atoms. The molecule has 0 bridgehead atoms. The van der Waals surface area contributed by atoms with Gasteiger partial charge in [0.1, 0.15) is 0 Å². The number of benzene rings is 2. The van der Waals surface area contributed by atoms with E-state index in [1.54, 1.807) is 0 Å². The first-order chi connectivity index (χ1) is 8.31. The van der Waals surface area contributed by atoms with E-state index in [1.165, 1.54) is 10.8 Å². The summed E-state index contributed by atoms with van der Waals surface area (Å²) in [6, 6.07) is 14.5. The normalized spacial score (nSPS) is 10.9. The molecule has 0 radical (unpaired) electrons. The van der Waals surface area contributed by atoms with Crippen molar-refractivity contribution >= 4 is 22.4 Å². The van der Waals surface area contributed by atoms with E-state index in [0.717, 1.165) is 5.56 Å². The molecule has 0 atom stereocenters. The first-order valence-corrected chi connectivity index (χ1v) is 5.64. The van der Waals surface area contributed by atoms with Crippen molar-refractivity contribution in [2.75, 3.05) is 0 Å². The molecule has 0 saturated carbocycles. The molecule has 4 heteroatoms. The maximum atomic E-state index is 5.58. The molecular formula is C13H9ClN2O. The molecule has 0 aliphatic carbocycles. The molecule has 0 spiro atoms. The Morgan fingerprint density at radius 3 is 2.59 bits per heavy atom. The lowest BCUT2D eigenvalue weighted by atomic mass is 10.1. The van der Waals surface area contributed by atoms with Crippen LogP contribution < -0.4 is 0 Å². The third kappa shape index (κ3) is 2.15. The second-order valence-corrected chi connectivity index (χ2v) is 4.13. The molecule has 0 aliphatic rings. The highest BCUT2D eigenvalue weighted by atomic mass is 35.5. The van der Waals surface area contributed by atoms with E-state index in [2.05, 4.69) is 40.5 Å². The number of hydrogen-bond donors (Lipinski definition) is 0. The van der Waals surface area contributed by atoms with Gasteiger partial charge in [0.05, 0.1) is 6.42 Å². The fourth-order valence-electron chi connectivity index (χ4n) is 1.83. The Hall–Kier alpha value is -1.87. The van der Waals surface area contributed by atoms with E-state index in [9.17, 15) is 0 Å². The topological polar surface area (TPSA) is 38.9 Å². The number of rotatable bonds is 2. The molecule has 84 valence electrons. The van der Waals surface area contributed by atoms with Crippen LogP contribution in [0.15, 0.2) is 46.9 Å². The summed E-state index contributed by atoms with van der Waals surface area (Å²) < 4.78 is 5.14. The van der Waals surface area contributed by atoms with Gasteiger partial charge in [0.15, 0.2) is 0 Å². The van der Waals surface area contributed by atoms with Crippen LogP contribution in [0.5, 0.6) is 0 Å². The highest BCUT2D eigenvalue weighted by Gasteiger charge is 2.05. The van der Waals surface area contributed by atoms with Crippen LogP contribution in [0, 0.1) is 0 Å². The molecule has 1 aromatic heterocycles. The second-order valence-electron chi connectivity index (χ2n) is 3.81. The van der Waals surface area contributed by atoms with Crippen molar-refractivity contribution in [3.8, 4) is 0 Å². The Bertz CT molecular complexity index is 663. The van der Waals surface area contributed by atoms with Crippen LogP contribution in [0.4, 0.5) is 0 Å². The van der Waals surface area contributed by atoms with Gasteiger partial charge in [-0.15, -0.1) is 5.10 Å². The highest BCUT2D eigenvalue weighted by Crippen LogP contribution is 2.18. The van der Waals surface area contributed by atoms with Crippen molar-refractivity contribution in [2.24, 2.45) is 0 Å². The summed E-state index contributed by atoms with van der Waals surface area (Å²) in [6.07, 6.45) is 0.602. The quantitative estimate of drug-likeness (QED) is 0.693. The molecule has 3 aromatic rings. The van der Waals surface area contributed by atoms with Gasteiger partial charge >= 0.3 is 5.35 Å². The van der Waals surface area contributed by atoms with Crippen molar-refractivity contribution in [3.63, 3.8) is 0 Å². The molecular weight excluding hydrogens is 236 g/mol. The molecule has 0 aliphatic heterocycles. The number of aromatic nitrogens is 2. The summed E-state index contributed by atoms with van der Waals surface area (Å²) in [5.41, 5.74) is 1.13. The summed E-state index contributed by atoms with van der Waals surface area (Å²) in [5.74, 6) is 0.533. The van der Waals surface area contributed by atoms with E-state index in [4.69, 9.17) is 16.0 Å². The molecule has 0 amide bonds. The Balaban J connectivity index is 1.95. The van der Waals surface area contributed by atoms with Gasteiger partial charge in [-0.25, -0.2) is 0 Å². The first-order valence-electron chi connectivity index (χ1n) is 5.27. The standard InChI is InChI=1S/C13H9ClN2O/c14-13-16-15-12(17-13)8-9-5-6-10-3-1-2-4-11(10)7-9/h1-7H,8H2. The monoisotopic (exact) mass is 244 g/mol. The van der Waals surface area contributed by atoms with E-state index in [1.807, 2.05) is 12.1 Å². The van der Waals surface area contributed by atoms with Crippen LogP contribution in [0.1, 0.15) is 11.5 Å². The summed E-state index contributed by atoms with van der Waals surface area (Å²) >= 11 is 5.58. The van der Waals surface area contributed by atoms with Crippen LogP contribution in [0.3, 0.4) is 0 Å². The van der Waals surface area contributed by atoms with Crippen LogP contribution in [0.25, 0.3) is 10.8 Å². The predicted molar refractivity (Wildman–Crippen MR) is 66.1 cm³/mol. The van der Waals surface area contributed by atoms with E-state index >= 15 is 0 Å². The average Bonchev–Trinajstić information content (AvgIpc) is 2.75. The Morgan fingerprint density at radius 1 is 1.00 bits per heavy atom. The van der Waals surface area contributed by atoms with Gasteiger partial charge in [0.2, 0.25) is 5.89 Å². The van der Waals surface area contributed by atoms with E-state index < -0.39 is 0 Å². The summed E-state index contributed by atoms with van der Waals surface area (Å²) in [6.45, 7) is 0. The van der Waals surface area contributed by atoms with Crippen LogP contribution in [-0.2, 0) is 6.42 Å². The van der Waals surface area contributed by atoms with E-state index in [-0.39, 0.29) is 5.35 Å². The Labute approximate surface area is 103 Å². The zero-order valence-corrected chi connectivity index (χ0v) is 9.69. The van der Waals surface area contributed by atoms with Gasteiger partial charge in [-0.05, 0) is 27.9 Å². The third-order valence-electron chi connectivity index (χ3n) is 2.61. The fourth-order valence-corrected chi connectivity index (χ4v) is 1.95. The predicted octanol–water partition coefficient (Wildman–Crippen LogP) is 3.47. The molecule has 0 fully saturated rings. The second kappa shape index (κ2) is 4.18. The number of nitrogens with zero attached hydrogens (tertiary/aromatic N) is 2. The Morgan fingerprint density at radius 2 is 1.82 bits per heavy atom. The van der Waals surface area contributed by atoms with Gasteiger partial charge < -0.3 is 4.42 Å². The van der Waals surface area contributed by atoms with E-state index in [0.29, 0.717) is 12.3 Å². The molecule has 3 rings (SSSR count). The van der Waals surface area contributed by atoms with Crippen molar-refractivity contribution in [1.29, 1.82) is 0 Å². The van der Waals surface area contributed by atoms with Crippen molar-refractivity contribution < 1.29 is 4.42 Å². The molecule has 1 heterocycles. The van der Waals surface area contributed by atoms with Crippen molar-refractivity contribution in [1.82, 2.24) is 10.2 Å². The largest absolute Gasteiger partial charge is 0.412 e. The minimum atomic E-state index is 0.0841. The summed E-state index contributed by atoms with van der Waals surface area (Å²) in [7, 11) is 0. The average molecular weight is 245 g/mol. The molecule has 3 nitrogen and oxygen atoms in total. The number of halogens is 1. The molecule has 0 N–H and O–H groups in total. The van der Waals surface area contributed by atoms with Gasteiger partial charge in [-0.3, -0.25) is 0 Å². The van der Waals surface area contributed by atoms with Gasteiger partial charge in [0, 0.05) is 0 Å². The first kappa shape index (κ1) is 10.3. The molecule has 0 unspecified atom stereocenters. The van der Waals surface area contributed by atoms with Gasteiger partial charge in [0.25, 0.3) is 0 Å². The minimum Gasteiger partial charge on any atom is -0.412 e. The lowest BCUT2D eigenvalue weighted by Crippen LogP contribution is -1.88. The zero-order chi connectivity index (χ0) is 11.7. The molecule has 0 saturated heterocycles. The third-order valence-corrected chi connectivity index (χ3v) is 2.76. The zero-order valence-electron chi connectivity index (χ0n) is 8.93. The van der Waals surface area contributed by atoms with Crippen LogP contribution in [-0.4, -0.2) is 10.2 Å². The maximum Gasteiger partial charge on any atom is 0.312 e. The maximum absolute atomic E-state index is 5.58. The lowest BCUT2D eigenvalue weighted by molar-refractivity contribution is 0.507. The summed E-state index contributed by atoms with van der Waals surface area (Å²) in [4.78, 5) is 0. The van der Waals surface area contributed by atoms with Crippen LogP contribution >= 0.6 is 11.6 Å². The van der Waals surface area contributed by atoms with Crippen molar-refractivity contribution in [3.05, 3.63) is 59.3 Å². The molecule has 2 aromatic carbocycles.